The highest BCUT2D eigenvalue weighted by Crippen LogP contribution is 2.46. The number of rotatable bonds is 5. The fraction of sp³-hybridized carbons (Fsp3) is 0.455. The molecule has 5 nitrogen and oxygen atoms in total. The summed E-state index contributed by atoms with van der Waals surface area (Å²) in [6, 6.07) is 6.05. The Hall–Kier alpha value is -2.70. The fourth-order valence-corrected chi connectivity index (χ4v) is 4.09. The summed E-state index contributed by atoms with van der Waals surface area (Å²) < 4.78 is 34.6. The number of allylic oxidation sites excluding steroid dienone is 3. The number of benzene rings is 1. The number of ketones is 1. The summed E-state index contributed by atoms with van der Waals surface area (Å²) in [5, 5.41) is 3.24. The largest absolute Gasteiger partial charge is 0.463 e. The molecule has 0 fully saturated rings. The number of alkyl halides is 2. The molecule has 1 N–H and O–H groups in total. The summed E-state index contributed by atoms with van der Waals surface area (Å²) in [5.74, 6) is -1.13. The molecule has 0 aromatic heterocycles. The number of carbonyl (C=O) groups is 2. The number of dihydropyridines is 1. The zero-order valence-corrected chi connectivity index (χ0v) is 17.0. The number of hydrogen-bond acceptors (Lipinski definition) is 5. The number of nitrogens with one attached hydrogen (secondary N) is 1. The van der Waals surface area contributed by atoms with Crippen LogP contribution >= 0.6 is 0 Å². The van der Waals surface area contributed by atoms with Crippen LogP contribution in [0.1, 0.15) is 52.0 Å². The quantitative estimate of drug-likeness (QED) is 0.733. The molecule has 0 saturated heterocycles. The number of halogens is 2. The summed E-state index contributed by atoms with van der Waals surface area (Å²) in [4.78, 5) is 25.8. The Morgan fingerprint density at radius 2 is 1.90 bits per heavy atom. The van der Waals surface area contributed by atoms with Gasteiger partial charge in [-0.15, -0.1) is 0 Å². The maximum absolute atomic E-state index is 13.1. The van der Waals surface area contributed by atoms with Gasteiger partial charge in [-0.1, -0.05) is 26.0 Å². The first-order chi connectivity index (χ1) is 13.6. The first-order valence-corrected chi connectivity index (χ1v) is 9.59. The minimum absolute atomic E-state index is 0.0152. The lowest BCUT2D eigenvalue weighted by atomic mass is 9.68. The van der Waals surface area contributed by atoms with Crippen LogP contribution < -0.4 is 10.1 Å². The van der Waals surface area contributed by atoms with Gasteiger partial charge in [0.15, 0.2) is 5.78 Å². The van der Waals surface area contributed by atoms with E-state index in [4.69, 9.17) is 4.74 Å². The molecule has 1 aromatic carbocycles. The SMILES string of the molecule is CCOC(=O)C1=C(C)NC2=C(C(=O)CC(C)(C)C2)C1c1ccc(OC(F)F)cc1. The lowest BCUT2D eigenvalue weighted by molar-refractivity contribution is -0.138. The van der Waals surface area contributed by atoms with Gasteiger partial charge in [0, 0.05) is 29.3 Å². The Balaban J connectivity index is 2.10. The van der Waals surface area contributed by atoms with Crippen LogP contribution in [0.3, 0.4) is 0 Å². The predicted molar refractivity (Wildman–Crippen MR) is 103 cm³/mol. The Morgan fingerprint density at radius 3 is 2.48 bits per heavy atom. The van der Waals surface area contributed by atoms with E-state index in [2.05, 4.69) is 10.1 Å². The van der Waals surface area contributed by atoms with Gasteiger partial charge < -0.3 is 14.8 Å². The summed E-state index contributed by atoms with van der Waals surface area (Å²) in [5.41, 5.74) is 2.79. The van der Waals surface area contributed by atoms with Gasteiger partial charge in [-0.05, 0) is 43.4 Å². The lowest BCUT2D eigenvalue weighted by Crippen LogP contribution is -2.38. The Morgan fingerprint density at radius 1 is 1.24 bits per heavy atom. The normalized spacial score (nSPS) is 21.1. The summed E-state index contributed by atoms with van der Waals surface area (Å²) in [6.45, 7) is 4.84. The number of carbonyl (C=O) groups excluding carboxylic acids is 2. The summed E-state index contributed by atoms with van der Waals surface area (Å²) >= 11 is 0. The molecular weight excluding hydrogens is 380 g/mol. The molecule has 2 aliphatic rings. The van der Waals surface area contributed by atoms with E-state index in [0.29, 0.717) is 35.2 Å². The second kappa shape index (κ2) is 7.97. The molecular formula is C22H25F2NO4. The standard InChI is InChI=1S/C22H25F2NO4/c1-5-28-20(27)17-12(2)25-15-10-22(3,4)11-16(26)19(15)18(17)13-6-8-14(9-7-13)29-21(23)24/h6-9,18,21,25H,5,10-11H2,1-4H3. The van der Waals surface area contributed by atoms with Crippen molar-refractivity contribution in [2.24, 2.45) is 5.41 Å². The molecule has 0 saturated carbocycles. The maximum atomic E-state index is 13.1. The van der Waals surface area contributed by atoms with Gasteiger partial charge in [-0.3, -0.25) is 4.79 Å². The van der Waals surface area contributed by atoms with Crippen molar-refractivity contribution in [1.82, 2.24) is 5.32 Å². The minimum atomic E-state index is -2.92. The van der Waals surface area contributed by atoms with E-state index in [-0.39, 0.29) is 23.6 Å². The molecule has 0 radical (unpaired) electrons. The van der Waals surface area contributed by atoms with E-state index < -0.39 is 18.5 Å². The monoisotopic (exact) mass is 405 g/mol. The smallest absolute Gasteiger partial charge is 0.387 e. The van der Waals surface area contributed by atoms with Gasteiger partial charge >= 0.3 is 12.6 Å². The van der Waals surface area contributed by atoms with Crippen LogP contribution in [0.25, 0.3) is 0 Å². The Kier molecular flexibility index (Phi) is 5.78. The third-order valence-electron chi connectivity index (χ3n) is 5.17. The van der Waals surface area contributed by atoms with E-state index in [1.54, 1.807) is 26.0 Å². The van der Waals surface area contributed by atoms with Gasteiger partial charge in [-0.25, -0.2) is 4.79 Å². The molecule has 29 heavy (non-hydrogen) atoms. The number of ether oxygens (including phenoxy) is 2. The minimum Gasteiger partial charge on any atom is -0.463 e. The first-order valence-electron chi connectivity index (χ1n) is 9.59. The van der Waals surface area contributed by atoms with Crippen molar-refractivity contribution in [3.63, 3.8) is 0 Å². The van der Waals surface area contributed by atoms with Crippen LogP contribution in [0.4, 0.5) is 8.78 Å². The van der Waals surface area contributed by atoms with Gasteiger partial charge in [0.05, 0.1) is 12.2 Å². The number of esters is 1. The highest BCUT2D eigenvalue weighted by atomic mass is 19.3. The summed E-state index contributed by atoms with van der Waals surface area (Å²) in [7, 11) is 0. The van der Waals surface area contributed by atoms with Gasteiger partial charge in [-0.2, -0.15) is 8.78 Å². The summed E-state index contributed by atoms with van der Waals surface area (Å²) in [6.07, 6.45) is 1.04. The molecule has 1 unspecified atom stereocenters. The van der Waals surface area contributed by atoms with E-state index in [1.165, 1.54) is 12.1 Å². The number of Topliss-reactive ketones (excluding diaryl/α,β-unsaturated/α-hetero) is 1. The van der Waals surface area contributed by atoms with Gasteiger partial charge in [0.25, 0.3) is 0 Å². The molecule has 7 heteroatoms. The second-order valence-corrected chi connectivity index (χ2v) is 8.10. The molecule has 3 rings (SSSR count). The lowest BCUT2D eigenvalue weighted by Gasteiger charge is -2.39. The van der Waals surface area contributed by atoms with E-state index in [0.717, 1.165) is 5.70 Å². The third kappa shape index (κ3) is 4.33. The first kappa shape index (κ1) is 21.0. The van der Waals surface area contributed by atoms with E-state index >= 15 is 0 Å². The van der Waals surface area contributed by atoms with Crippen LogP contribution in [-0.2, 0) is 14.3 Å². The molecule has 0 amide bonds. The van der Waals surface area contributed by atoms with Gasteiger partial charge in [0.1, 0.15) is 5.75 Å². The molecule has 1 heterocycles. The molecule has 1 aromatic rings. The van der Waals surface area contributed by atoms with Crippen molar-refractivity contribution >= 4 is 11.8 Å². The van der Waals surface area contributed by atoms with Crippen LogP contribution in [0, 0.1) is 5.41 Å². The molecule has 1 aliphatic carbocycles. The molecule has 156 valence electrons. The second-order valence-electron chi connectivity index (χ2n) is 8.10. The Labute approximate surface area is 168 Å². The number of hydrogen-bond donors (Lipinski definition) is 1. The van der Waals surface area contributed by atoms with E-state index in [9.17, 15) is 18.4 Å². The van der Waals surface area contributed by atoms with Gasteiger partial charge in [0.2, 0.25) is 0 Å². The predicted octanol–water partition coefficient (Wildman–Crippen LogP) is 4.46. The molecule has 1 atom stereocenters. The Bertz CT molecular complexity index is 885. The molecule has 0 spiro atoms. The molecule has 0 bridgehead atoms. The molecule has 1 aliphatic heterocycles. The van der Waals surface area contributed by atoms with Crippen molar-refractivity contribution in [3.8, 4) is 5.75 Å². The van der Waals surface area contributed by atoms with Crippen molar-refractivity contribution in [2.75, 3.05) is 6.61 Å². The zero-order chi connectivity index (χ0) is 21.3. The van der Waals surface area contributed by atoms with Crippen LogP contribution in [0.5, 0.6) is 5.75 Å². The third-order valence-corrected chi connectivity index (χ3v) is 5.17. The van der Waals surface area contributed by atoms with Crippen molar-refractivity contribution in [1.29, 1.82) is 0 Å². The topological polar surface area (TPSA) is 64.6 Å². The highest BCUT2D eigenvalue weighted by molar-refractivity contribution is 6.04. The van der Waals surface area contributed by atoms with Crippen LogP contribution in [-0.4, -0.2) is 25.0 Å². The zero-order valence-electron chi connectivity index (χ0n) is 17.0. The average molecular weight is 405 g/mol. The van der Waals surface area contributed by atoms with Crippen molar-refractivity contribution < 1.29 is 27.8 Å². The van der Waals surface area contributed by atoms with E-state index in [1.807, 2.05) is 13.8 Å². The van der Waals surface area contributed by atoms with Crippen molar-refractivity contribution in [3.05, 3.63) is 52.4 Å². The van der Waals surface area contributed by atoms with Crippen LogP contribution in [0.2, 0.25) is 0 Å². The maximum Gasteiger partial charge on any atom is 0.387 e. The van der Waals surface area contributed by atoms with Crippen LogP contribution in [0.15, 0.2) is 46.8 Å². The van der Waals surface area contributed by atoms with Crippen molar-refractivity contribution in [2.45, 2.75) is 53.1 Å². The highest BCUT2D eigenvalue weighted by Gasteiger charge is 2.43. The average Bonchev–Trinajstić information content (AvgIpc) is 2.59. The fourth-order valence-electron chi connectivity index (χ4n) is 4.09.